The minimum Gasteiger partial charge on any atom is -0.465 e. The molecule has 7 heteroatoms. The Morgan fingerprint density at radius 1 is 1.56 bits per heavy atom. The van der Waals surface area contributed by atoms with Gasteiger partial charge in [-0.2, -0.15) is 0 Å². The topological polar surface area (TPSA) is 83.7 Å². The summed E-state index contributed by atoms with van der Waals surface area (Å²) >= 11 is 5.54. The predicted octanol–water partition coefficient (Wildman–Crippen LogP) is 3.02. The Kier molecular flexibility index (Phi) is 4.91. The van der Waals surface area contributed by atoms with Gasteiger partial charge in [0.2, 0.25) is 0 Å². The molecule has 1 aromatic carbocycles. The molecule has 0 aliphatic rings. The standard InChI is InChI=1S/C11H13ClN2O4/c1-8-7-9(14(17)18)3-4-10(8)13(11(15)16)6-2-5-12/h3-4,7H,2,5-6H2,1H3,(H,15,16). The van der Waals surface area contributed by atoms with Gasteiger partial charge in [0, 0.05) is 24.6 Å². The molecule has 0 unspecified atom stereocenters. The number of nitro benzene ring substituents is 1. The third-order valence-corrected chi connectivity index (χ3v) is 2.70. The fourth-order valence-electron chi connectivity index (χ4n) is 1.59. The van der Waals surface area contributed by atoms with E-state index >= 15 is 0 Å². The van der Waals surface area contributed by atoms with Crippen molar-refractivity contribution in [2.45, 2.75) is 13.3 Å². The molecule has 0 bridgehead atoms. The van der Waals surface area contributed by atoms with E-state index in [0.29, 0.717) is 23.6 Å². The van der Waals surface area contributed by atoms with Crippen molar-refractivity contribution in [3.8, 4) is 0 Å². The van der Waals surface area contributed by atoms with Crippen molar-refractivity contribution in [2.24, 2.45) is 0 Å². The van der Waals surface area contributed by atoms with Crippen molar-refractivity contribution >= 4 is 29.1 Å². The average Bonchev–Trinajstić information content (AvgIpc) is 2.30. The van der Waals surface area contributed by atoms with Gasteiger partial charge in [0.05, 0.1) is 10.6 Å². The molecule has 0 aromatic heterocycles. The van der Waals surface area contributed by atoms with Gasteiger partial charge >= 0.3 is 6.09 Å². The van der Waals surface area contributed by atoms with Gasteiger partial charge in [-0.25, -0.2) is 4.79 Å². The van der Waals surface area contributed by atoms with Crippen LogP contribution < -0.4 is 4.90 Å². The predicted molar refractivity (Wildman–Crippen MR) is 68.5 cm³/mol. The van der Waals surface area contributed by atoms with E-state index in [1.807, 2.05) is 0 Å². The summed E-state index contributed by atoms with van der Waals surface area (Å²) in [6.45, 7) is 1.90. The number of nitrogens with zero attached hydrogens (tertiary/aromatic N) is 2. The molecule has 1 rings (SSSR count). The molecular formula is C11H13ClN2O4. The third kappa shape index (κ3) is 3.33. The van der Waals surface area contributed by atoms with Gasteiger partial charge in [-0.1, -0.05) is 0 Å². The highest BCUT2D eigenvalue weighted by Crippen LogP contribution is 2.25. The molecule has 0 atom stereocenters. The smallest absolute Gasteiger partial charge is 0.411 e. The number of hydrogen-bond donors (Lipinski definition) is 1. The number of carboxylic acid groups (broad SMARTS) is 1. The van der Waals surface area contributed by atoms with Crippen LogP contribution >= 0.6 is 11.6 Å². The number of alkyl halides is 1. The summed E-state index contributed by atoms with van der Waals surface area (Å²) in [6, 6.07) is 4.08. The summed E-state index contributed by atoms with van der Waals surface area (Å²) in [7, 11) is 0. The zero-order chi connectivity index (χ0) is 13.7. The van der Waals surface area contributed by atoms with E-state index in [-0.39, 0.29) is 12.2 Å². The first-order chi connectivity index (χ1) is 8.47. The summed E-state index contributed by atoms with van der Waals surface area (Å²) in [6.07, 6.45) is -0.582. The van der Waals surface area contributed by atoms with Gasteiger partial charge in [0.25, 0.3) is 5.69 Å². The van der Waals surface area contributed by atoms with E-state index in [0.717, 1.165) is 4.90 Å². The van der Waals surface area contributed by atoms with Crippen LogP contribution in [0.4, 0.5) is 16.2 Å². The molecule has 18 heavy (non-hydrogen) atoms. The lowest BCUT2D eigenvalue weighted by atomic mass is 10.1. The van der Waals surface area contributed by atoms with Crippen LogP contribution in [0.15, 0.2) is 18.2 Å². The molecular weight excluding hydrogens is 260 g/mol. The maximum Gasteiger partial charge on any atom is 0.411 e. The number of non-ortho nitro benzene ring substituents is 1. The van der Waals surface area contributed by atoms with Gasteiger partial charge in [-0.15, -0.1) is 11.6 Å². The number of anilines is 1. The lowest BCUT2D eigenvalue weighted by Gasteiger charge is -2.20. The number of nitro groups is 1. The van der Waals surface area contributed by atoms with Crippen LogP contribution in [0.2, 0.25) is 0 Å². The second kappa shape index (κ2) is 6.20. The number of hydrogen-bond acceptors (Lipinski definition) is 3. The molecule has 0 spiro atoms. The van der Waals surface area contributed by atoms with Crippen molar-refractivity contribution in [3.05, 3.63) is 33.9 Å². The maximum atomic E-state index is 11.1. The van der Waals surface area contributed by atoms with Crippen molar-refractivity contribution < 1.29 is 14.8 Å². The van der Waals surface area contributed by atoms with Crippen molar-refractivity contribution in [1.29, 1.82) is 0 Å². The third-order valence-electron chi connectivity index (χ3n) is 2.43. The van der Waals surface area contributed by atoms with Crippen LogP contribution in [0.25, 0.3) is 0 Å². The Balaban J connectivity index is 3.05. The zero-order valence-corrected chi connectivity index (χ0v) is 10.6. The summed E-state index contributed by atoms with van der Waals surface area (Å²) in [5.41, 5.74) is 0.929. The first-order valence-electron chi connectivity index (χ1n) is 5.29. The van der Waals surface area contributed by atoms with Crippen LogP contribution in [0.5, 0.6) is 0 Å². The summed E-state index contributed by atoms with van der Waals surface area (Å²) < 4.78 is 0. The number of carbonyl (C=O) groups is 1. The van der Waals surface area contributed by atoms with Crippen LogP contribution in [0.3, 0.4) is 0 Å². The van der Waals surface area contributed by atoms with Gasteiger partial charge in [-0.05, 0) is 25.0 Å². The molecule has 98 valence electrons. The van der Waals surface area contributed by atoms with E-state index < -0.39 is 11.0 Å². The van der Waals surface area contributed by atoms with E-state index in [1.165, 1.54) is 18.2 Å². The molecule has 1 amide bonds. The van der Waals surface area contributed by atoms with E-state index in [4.69, 9.17) is 16.7 Å². The van der Waals surface area contributed by atoms with Crippen molar-refractivity contribution in [2.75, 3.05) is 17.3 Å². The minimum atomic E-state index is -1.10. The molecule has 1 N–H and O–H groups in total. The minimum absolute atomic E-state index is 0.0565. The van der Waals surface area contributed by atoms with Crippen molar-refractivity contribution in [3.63, 3.8) is 0 Å². The number of aryl methyl sites for hydroxylation is 1. The zero-order valence-electron chi connectivity index (χ0n) is 9.80. The number of rotatable bonds is 5. The maximum absolute atomic E-state index is 11.1. The second-order valence-corrected chi connectivity index (χ2v) is 4.08. The van der Waals surface area contributed by atoms with Crippen molar-refractivity contribution in [1.82, 2.24) is 0 Å². The highest BCUT2D eigenvalue weighted by Gasteiger charge is 2.18. The average molecular weight is 273 g/mol. The highest BCUT2D eigenvalue weighted by molar-refractivity contribution is 6.17. The number of amides is 1. The second-order valence-electron chi connectivity index (χ2n) is 3.70. The number of benzene rings is 1. The number of halogens is 1. The lowest BCUT2D eigenvalue weighted by molar-refractivity contribution is -0.384. The molecule has 0 saturated heterocycles. The fourth-order valence-corrected chi connectivity index (χ4v) is 1.71. The highest BCUT2D eigenvalue weighted by atomic mass is 35.5. The Morgan fingerprint density at radius 3 is 2.67 bits per heavy atom. The molecule has 0 aliphatic carbocycles. The summed E-state index contributed by atoms with van der Waals surface area (Å²) in [4.78, 5) is 22.4. The largest absolute Gasteiger partial charge is 0.465 e. The molecule has 1 aromatic rings. The molecule has 0 radical (unpaired) electrons. The van der Waals surface area contributed by atoms with Crippen LogP contribution in [0, 0.1) is 17.0 Å². The van der Waals surface area contributed by atoms with E-state index in [2.05, 4.69) is 0 Å². The van der Waals surface area contributed by atoms with Crippen LogP contribution in [0.1, 0.15) is 12.0 Å². The molecule has 0 aliphatic heterocycles. The van der Waals surface area contributed by atoms with Gasteiger partial charge in [0.1, 0.15) is 0 Å². The monoisotopic (exact) mass is 272 g/mol. The first kappa shape index (κ1) is 14.2. The lowest BCUT2D eigenvalue weighted by Crippen LogP contribution is -2.31. The summed E-state index contributed by atoms with van der Waals surface area (Å²) in [5, 5.41) is 19.7. The Labute approximate surface area is 109 Å². The van der Waals surface area contributed by atoms with Crippen LogP contribution in [-0.4, -0.2) is 28.5 Å². The SMILES string of the molecule is Cc1cc([N+](=O)[O-])ccc1N(CCCCl)C(=O)O. The van der Waals surface area contributed by atoms with Crippen LogP contribution in [-0.2, 0) is 0 Å². The molecule has 6 nitrogen and oxygen atoms in total. The van der Waals surface area contributed by atoms with E-state index in [9.17, 15) is 14.9 Å². The molecule has 0 saturated carbocycles. The molecule has 0 fully saturated rings. The normalized spacial score (nSPS) is 10.1. The van der Waals surface area contributed by atoms with E-state index in [1.54, 1.807) is 6.92 Å². The summed E-state index contributed by atoms with van der Waals surface area (Å²) in [5.74, 6) is 0.357. The van der Waals surface area contributed by atoms with Gasteiger partial charge in [0.15, 0.2) is 0 Å². The van der Waals surface area contributed by atoms with Gasteiger partial charge < -0.3 is 5.11 Å². The quantitative estimate of drug-likeness (QED) is 0.507. The Hall–Kier alpha value is -1.82. The Bertz CT molecular complexity index is 464. The Morgan fingerprint density at radius 2 is 2.22 bits per heavy atom. The van der Waals surface area contributed by atoms with Gasteiger partial charge in [-0.3, -0.25) is 15.0 Å². The molecule has 0 heterocycles. The fraction of sp³-hybridized carbons (Fsp3) is 0.364. The first-order valence-corrected chi connectivity index (χ1v) is 5.82.